The number of hydrogen-bond acceptors (Lipinski definition) is 4. The molecule has 0 saturated heterocycles. The quantitative estimate of drug-likeness (QED) is 0.845. The lowest BCUT2D eigenvalue weighted by Gasteiger charge is -2.19. The summed E-state index contributed by atoms with van der Waals surface area (Å²) >= 11 is 0. The first-order valence-corrected chi connectivity index (χ1v) is 8.91. The molecule has 0 saturated carbocycles. The van der Waals surface area contributed by atoms with E-state index in [4.69, 9.17) is 4.74 Å². The molecule has 122 valence electrons. The van der Waals surface area contributed by atoms with E-state index in [1.807, 2.05) is 6.08 Å². The van der Waals surface area contributed by atoms with Crippen molar-refractivity contribution in [2.75, 3.05) is 12.8 Å². The predicted octanol–water partition coefficient (Wildman–Crippen LogP) is 3.02. The SMILES string of the molecule is CC(C)(C)OC(=O)NCCC=Cc1ccccc1S(C)(=O)=O. The van der Waals surface area contributed by atoms with Crippen molar-refractivity contribution < 1.29 is 17.9 Å². The van der Waals surface area contributed by atoms with Gasteiger partial charge in [-0.2, -0.15) is 0 Å². The van der Waals surface area contributed by atoms with Gasteiger partial charge in [-0.25, -0.2) is 13.2 Å². The van der Waals surface area contributed by atoms with Crippen molar-refractivity contribution in [2.45, 2.75) is 37.7 Å². The minimum absolute atomic E-state index is 0.298. The molecule has 1 aromatic carbocycles. The Morgan fingerprint density at radius 2 is 1.91 bits per heavy atom. The third-order valence-electron chi connectivity index (χ3n) is 2.60. The van der Waals surface area contributed by atoms with Crippen molar-refractivity contribution in [1.82, 2.24) is 5.32 Å². The summed E-state index contributed by atoms with van der Waals surface area (Å²) in [6.45, 7) is 5.82. The van der Waals surface area contributed by atoms with Gasteiger partial charge in [-0.15, -0.1) is 0 Å². The van der Waals surface area contributed by atoms with Crippen LogP contribution in [0.25, 0.3) is 6.08 Å². The molecule has 0 unspecified atom stereocenters. The molecule has 1 N–H and O–H groups in total. The summed E-state index contributed by atoms with van der Waals surface area (Å²) in [6.07, 6.45) is 4.87. The second kappa shape index (κ2) is 7.45. The van der Waals surface area contributed by atoms with Gasteiger partial charge in [0.1, 0.15) is 5.60 Å². The summed E-state index contributed by atoms with van der Waals surface area (Å²) in [5.41, 5.74) is 0.121. The van der Waals surface area contributed by atoms with Gasteiger partial charge in [0.2, 0.25) is 0 Å². The Labute approximate surface area is 132 Å². The van der Waals surface area contributed by atoms with E-state index < -0.39 is 21.5 Å². The van der Waals surface area contributed by atoms with E-state index in [1.165, 1.54) is 6.26 Å². The molecule has 22 heavy (non-hydrogen) atoms. The molecule has 0 radical (unpaired) electrons. The van der Waals surface area contributed by atoms with Crippen LogP contribution in [0.15, 0.2) is 35.2 Å². The lowest BCUT2D eigenvalue weighted by molar-refractivity contribution is 0.0529. The number of carbonyl (C=O) groups excluding carboxylic acids is 1. The topological polar surface area (TPSA) is 72.5 Å². The smallest absolute Gasteiger partial charge is 0.407 e. The summed E-state index contributed by atoms with van der Waals surface area (Å²) in [7, 11) is -3.25. The summed E-state index contributed by atoms with van der Waals surface area (Å²) in [4.78, 5) is 11.7. The van der Waals surface area contributed by atoms with Crippen LogP contribution in [0.2, 0.25) is 0 Å². The Morgan fingerprint density at radius 1 is 1.27 bits per heavy atom. The van der Waals surface area contributed by atoms with E-state index in [1.54, 1.807) is 51.1 Å². The maximum Gasteiger partial charge on any atom is 0.407 e. The van der Waals surface area contributed by atoms with Crippen molar-refractivity contribution >= 4 is 22.0 Å². The molecular formula is C16H23NO4S. The van der Waals surface area contributed by atoms with Gasteiger partial charge in [0, 0.05) is 12.8 Å². The Balaban J connectivity index is 2.53. The minimum atomic E-state index is -3.25. The van der Waals surface area contributed by atoms with E-state index in [9.17, 15) is 13.2 Å². The van der Waals surface area contributed by atoms with Gasteiger partial charge in [-0.3, -0.25) is 0 Å². The number of alkyl carbamates (subject to hydrolysis) is 1. The number of sulfone groups is 1. The lowest BCUT2D eigenvalue weighted by Crippen LogP contribution is -2.32. The Morgan fingerprint density at radius 3 is 2.50 bits per heavy atom. The summed E-state index contributed by atoms with van der Waals surface area (Å²) in [6, 6.07) is 6.80. The first-order valence-electron chi connectivity index (χ1n) is 7.02. The van der Waals surface area contributed by atoms with Gasteiger partial charge in [-0.1, -0.05) is 30.4 Å². The van der Waals surface area contributed by atoms with E-state index >= 15 is 0 Å². The zero-order valence-corrected chi connectivity index (χ0v) is 14.2. The van der Waals surface area contributed by atoms with Crippen molar-refractivity contribution in [3.8, 4) is 0 Å². The van der Waals surface area contributed by atoms with Crippen LogP contribution in [0.4, 0.5) is 4.79 Å². The lowest BCUT2D eigenvalue weighted by atomic mass is 10.2. The summed E-state index contributed by atoms with van der Waals surface area (Å²) in [5, 5.41) is 2.64. The van der Waals surface area contributed by atoms with E-state index in [-0.39, 0.29) is 0 Å². The van der Waals surface area contributed by atoms with Crippen LogP contribution in [0.3, 0.4) is 0 Å². The van der Waals surface area contributed by atoms with Crippen LogP contribution in [0.1, 0.15) is 32.8 Å². The van der Waals surface area contributed by atoms with Crippen molar-refractivity contribution in [1.29, 1.82) is 0 Å². The van der Waals surface area contributed by atoms with E-state index in [0.717, 1.165) is 0 Å². The molecule has 1 rings (SSSR count). The zero-order chi connectivity index (χ0) is 16.8. The third-order valence-corrected chi connectivity index (χ3v) is 3.77. The predicted molar refractivity (Wildman–Crippen MR) is 87.4 cm³/mol. The minimum Gasteiger partial charge on any atom is -0.444 e. The fraction of sp³-hybridized carbons (Fsp3) is 0.438. The maximum atomic E-state index is 11.7. The zero-order valence-electron chi connectivity index (χ0n) is 13.4. The fourth-order valence-corrected chi connectivity index (χ4v) is 2.63. The highest BCUT2D eigenvalue weighted by Crippen LogP contribution is 2.16. The van der Waals surface area contributed by atoms with Crippen molar-refractivity contribution in [2.24, 2.45) is 0 Å². The molecule has 0 atom stereocenters. The largest absolute Gasteiger partial charge is 0.444 e. The number of carbonyl (C=O) groups is 1. The van der Waals surface area contributed by atoms with Crippen LogP contribution in [0, 0.1) is 0 Å². The first-order chi connectivity index (χ1) is 10.1. The Hall–Kier alpha value is -1.82. The second-order valence-corrected chi connectivity index (χ2v) is 7.91. The first kappa shape index (κ1) is 18.2. The maximum absolute atomic E-state index is 11.7. The molecule has 0 aromatic heterocycles. The average molecular weight is 325 g/mol. The molecule has 5 nitrogen and oxygen atoms in total. The highest BCUT2D eigenvalue weighted by molar-refractivity contribution is 7.90. The average Bonchev–Trinajstić information content (AvgIpc) is 2.35. The summed E-state index contributed by atoms with van der Waals surface area (Å²) in [5.74, 6) is 0. The number of rotatable bonds is 5. The number of benzene rings is 1. The van der Waals surface area contributed by atoms with Gasteiger partial charge in [0.05, 0.1) is 4.90 Å². The van der Waals surface area contributed by atoms with Crippen LogP contribution in [-0.4, -0.2) is 32.9 Å². The monoisotopic (exact) mass is 325 g/mol. The molecule has 0 fully saturated rings. The van der Waals surface area contributed by atoms with Crippen LogP contribution in [0.5, 0.6) is 0 Å². The Kier molecular flexibility index (Phi) is 6.17. The number of ether oxygens (including phenoxy) is 1. The highest BCUT2D eigenvalue weighted by atomic mass is 32.2. The number of amides is 1. The number of hydrogen-bond donors (Lipinski definition) is 1. The van der Waals surface area contributed by atoms with Gasteiger partial charge < -0.3 is 10.1 Å². The molecule has 0 aliphatic heterocycles. The van der Waals surface area contributed by atoms with Crippen molar-refractivity contribution in [3.63, 3.8) is 0 Å². The molecule has 0 bridgehead atoms. The van der Waals surface area contributed by atoms with E-state index in [0.29, 0.717) is 23.4 Å². The standard InChI is InChI=1S/C16H23NO4S/c1-16(2,3)21-15(18)17-12-8-7-10-13-9-5-6-11-14(13)22(4,19)20/h5-7,9-11H,8,12H2,1-4H3,(H,17,18). The van der Waals surface area contributed by atoms with Crippen LogP contribution >= 0.6 is 0 Å². The molecular weight excluding hydrogens is 302 g/mol. The number of nitrogens with one attached hydrogen (secondary N) is 1. The van der Waals surface area contributed by atoms with Crippen LogP contribution < -0.4 is 5.32 Å². The molecule has 0 aliphatic carbocycles. The van der Waals surface area contributed by atoms with Gasteiger partial charge in [-0.05, 0) is 38.8 Å². The van der Waals surface area contributed by atoms with Gasteiger partial charge in [0.15, 0.2) is 9.84 Å². The molecule has 0 spiro atoms. The summed E-state index contributed by atoms with van der Waals surface area (Å²) < 4.78 is 28.4. The van der Waals surface area contributed by atoms with Crippen LogP contribution in [-0.2, 0) is 14.6 Å². The van der Waals surface area contributed by atoms with E-state index in [2.05, 4.69) is 5.32 Å². The second-order valence-electron chi connectivity index (χ2n) is 5.93. The van der Waals surface area contributed by atoms with Gasteiger partial charge in [0.25, 0.3) is 0 Å². The molecule has 1 aromatic rings. The fourth-order valence-electron chi connectivity index (χ4n) is 1.74. The highest BCUT2D eigenvalue weighted by Gasteiger charge is 2.15. The molecule has 6 heteroatoms. The molecule has 0 aliphatic rings. The normalized spacial score (nSPS) is 12.4. The van der Waals surface area contributed by atoms with Gasteiger partial charge >= 0.3 is 6.09 Å². The third kappa shape index (κ3) is 6.76. The molecule has 0 heterocycles. The Bertz CT molecular complexity index is 642. The molecule has 1 amide bonds. The van der Waals surface area contributed by atoms with Crippen molar-refractivity contribution in [3.05, 3.63) is 35.9 Å².